The highest BCUT2D eigenvalue weighted by Crippen LogP contribution is 2.44. The van der Waals surface area contributed by atoms with Crippen LogP contribution in [-0.2, 0) is 0 Å². The molecule has 0 aliphatic heterocycles. The summed E-state index contributed by atoms with van der Waals surface area (Å²) in [6.07, 6.45) is 2.06. The fourth-order valence-electron chi connectivity index (χ4n) is 6.90. The summed E-state index contributed by atoms with van der Waals surface area (Å²) in [5, 5.41) is 7.55. The Labute approximate surface area is 265 Å². The number of pyridine rings is 1. The zero-order valence-electron chi connectivity index (χ0n) is 24.4. The lowest BCUT2D eigenvalue weighted by Crippen LogP contribution is -1.92. The van der Waals surface area contributed by atoms with Crippen LogP contribution in [0.3, 0.4) is 0 Å². The van der Waals surface area contributed by atoms with E-state index in [2.05, 4.69) is 164 Å². The Kier molecular flexibility index (Phi) is 6.07. The van der Waals surface area contributed by atoms with Gasteiger partial charge in [-0.1, -0.05) is 140 Å². The highest BCUT2D eigenvalue weighted by Gasteiger charge is 2.17. The molecule has 0 saturated heterocycles. The Hall–Kier alpha value is -5.57. The van der Waals surface area contributed by atoms with Gasteiger partial charge >= 0.3 is 0 Å². The summed E-state index contributed by atoms with van der Waals surface area (Å²) in [7, 11) is 0. The van der Waals surface area contributed by atoms with E-state index in [0.29, 0.717) is 0 Å². The van der Waals surface area contributed by atoms with E-state index in [1.165, 1.54) is 75.1 Å². The SMILES string of the molecule is c1ccc(-c2ccc(-c3c4ccccc4c(-c4ccc(-c5cccc6sc7ccccc7c56)nc4)c4ccccc34)cc2)cc1. The predicted molar refractivity (Wildman–Crippen MR) is 194 cm³/mol. The van der Waals surface area contributed by atoms with Gasteiger partial charge in [-0.3, -0.25) is 4.98 Å². The van der Waals surface area contributed by atoms with Gasteiger partial charge < -0.3 is 0 Å². The largest absolute Gasteiger partial charge is 0.256 e. The predicted octanol–water partition coefficient (Wildman–Crippen LogP) is 12.4. The van der Waals surface area contributed by atoms with E-state index in [9.17, 15) is 0 Å². The van der Waals surface area contributed by atoms with Crippen molar-refractivity contribution in [1.29, 1.82) is 0 Å². The molecule has 1 nitrogen and oxygen atoms in total. The minimum Gasteiger partial charge on any atom is -0.256 e. The lowest BCUT2D eigenvalue weighted by Gasteiger charge is -2.18. The normalized spacial score (nSPS) is 11.6. The first-order chi connectivity index (χ1) is 22.3. The van der Waals surface area contributed by atoms with Crippen LogP contribution in [0, 0.1) is 0 Å². The quantitative estimate of drug-likeness (QED) is 0.186. The van der Waals surface area contributed by atoms with Crippen molar-refractivity contribution in [3.8, 4) is 44.6 Å². The molecule has 210 valence electrons. The summed E-state index contributed by atoms with van der Waals surface area (Å²) in [4.78, 5) is 5.10. The van der Waals surface area contributed by atoms with Gasteiger partial charge in [0.25, 0.3) is 0 Å². The third-order valence-corrected chi connectivity index (χ3v) is 10.1. The number of nitrogens with zero attached hydrogens (tertiary/aromatic N) is 1. The molecule has 2 aromatic heterocycles. The topological polar surface area (TPSA) is 12.9 Å². The van der Waals surface area contributed by atoms with Crippen molar-refractivity contribution in [2.45, 2.75) is 0 Å². The van der Waals surface area contributed by atoms with Gasteiger partial charge in [0.15, 0.2) is 0 Å². The van der Waals surface area contributed by atoms with Crippen molar-refractivity contribution in [1.82, 2.24) is 4.98 Å². The lowest BCUT2D eigenvalue weighted by molar-refractivity contribution is 1.34. The van der Waals surface area contributed by atoms with E-state index in [1.807, 2.05) is 11.3 Å². The summed E-state index contributed by atoms with van der Waals surface area (Å²) in [6, 6.07) is 56.9. The number of thiophene rings is 1. The number of fused-ring (bicyclic) bond motifs is 5. The van der Waals surface area contributed by atoms with Crippen molar-refractivity contribution in [2.75, 3.05) is 0 Å². The smallest absolute Gasteiger partial charge is 0.0709 e. The maximum absolute atomic E-state index is 5.10. The van der Waals surface area contributed by atoms with Gasteiger partial charge in [0, 0.05) is 37.5 Å². The van der Waals surface area contributed by atoms with Gasteiger partial charge in [-0.15, -0.1) is 11.3 Å². The molecule has 0 bridgehead atoms. The van der Waals surface area contributed by atoms with Crippen molar-refractivity contribution < 1.29 is 0 Å². The Morgan fingerprint density at radius 1 is 0.356 bits per heavy atom. The molecule has 9 aromatic rings. The summed E-state index contributed by atoms with van der Waals surface area (Å²) < 4.78 is 2.60. The van der Waals surface area contributed by atoms with Crippen molar-refractivity contribution in [2.24, 2.45) is 0 Å². The molecule has 2 heterocycles. The summed E-state index contributed by atoms with van der Waals surface area (Å²) >= 11 is 1.84. The first-order valence-corrected chi connectivity index (χ1v) is 16.1. The summed E-state index contributed by atoms with van der Waals surface area (Å²) in [6.45, 7) is 0. The average Bonchev–Trinajstić information content (AvgIpc) is 3.50. The third kappa shape index (κ3) is 4.26. The molecular formula is C43H27NS. The molecule has 0 unspecified atom stereocenters. The van der Waals surface area contributed by atoms with Crippen LogP contribution < -0.4 is 0 Å². The van der Waals surface area contributed by atoms with Crippen molar-refractivity contribution in [3.63, 3.8) is 0 Å². The van der Waals surface area contributed by atoms with E-state index in [0.717, 1.165) is 11.3 Å². The molecule has 0 atom stereocenters. The molecule has 7 aromatic carbocycles. The van der Waals surface area contributed by atoms with Crippen molar-refractivity contribution in [3.05, 3.63) is 164 Å². The van der Waals surface area contributed by atoms with Crippen LogP contribution in [0.25, 0.3) is 86.4 Å². The van der Waals surface area contributed by atoms with Crippen LogP contribution in [0.4, 0.5) is 0 Å². The monoisotopic (exact) mass is 589 g/mol. The van der Waals surface area contributed by atoms with Crippen LogP contribution in [0.5, 0.6) is 0 Å². The Morgan fingerprint density at radius 2 is 0.867 bits per heavy atom. The van der Waals surface area contributed by atoms with Crippen LogP contribution in [0.1, 0.15) is 0 Å². The van der Waals surface area contributed by atoms with E-state index < -0.39 is 0 Å². The molecule has 0 amide bonds. The van der Waals surface area contributed by atoms with Gasteiger partial charge in [0.1, 0.15) is 0 Å². The second kappa shape index (κ2) is 10.6. The highest BCUT2D eigenvalue weighted by molar-refractivity contribution is 7.25. The Morgan fingerprint density at radius 3 is 1.51 bits per heavy atom. The number of hydrogen-bond donors (Lipinski definition) is 0. The van der Waals surface area contributed by atoms with Gasteiger partial charge in [-0.05, 0) is 67.6 Å². The van der Waals surface area contributed by atoms with E-state index in [-0.39, 0.29) is 0 Å². The minimum absolute atomic E-state index is 0.997. The second-order valence-electron chi connectivity index (χ2n) is 11.5. The number of hydrogen-bond acceptors (Lipinski definition) is 2. The number of aromatic nitrogens is 1. The molecule has 45 heavy (non-hydrogen) atoms. The molecule has 0 saturated carbocycles. The zero-order valence-corrected chi connectivity index (χ0v) is 25.3. The van der Waals surface area contributed by atoms with E-state index >= 15 is 0 Å². The van der Waals surface area contributed by atoms with Gasteiger partial charge in [-0.25, -0.2) is 0 Å². The first kappa shape index (κ1) is 25.9. The van der Waals surface area contributed by atoms with Gasteiger partial charge in [0.2, 0.25) is 0 Å². The van der Waals surface area contributed by atoms with Crippen LogP contribution in [0.2, 0.25) is 0 Å². The van der Waals surface area contributed by atoms with Gasteiger partial charge in [-0.2, -0.15) is 0 Å². The first-order valence-electron chi connectivity index (χ1n) is 15.3. The Balaban J connectivity index is 1.21. The number of benzene rings is 7. The molecule has 0 aliphatic carbocycles. The molecule has 2 heteroatoms. The minimum atomic E-state index is 0.997. The van der Waals surface area contributed by atoms with Crippen LogP contribution in [0.15, 0.2) is 164 Å². The molecule has 0 aliphatic rings. The second-order valence-corrected chi connectivity index (χ2v) is 12.6. The summed E-state index contributed by atoms with van der Waals surface area (Å²) in [5.74, 6) is 0. The zero-order chi connectivity index (χ0) is 29.7. The Bertz CT molecular complexity index is 2450. The highest BCUT2D eigenvalue weighted by atomic mass is 32.1. The number of rotatable bonds is 4. The summed E-state index contributed by atoms with van der Waals surface area (Å²) in [5.41, 5.74) is 9.47. The standard InChI is InChI=1S/C43H27NS/c1-2-11-28(12-3-1)29-21-23-30(24-22-29)41-32-13-4-6-15-34(32)42(35-16-7-5-14-33(35)41)31-25-26-38(44-27-31)36-18-10-20-40-43(36)37-17-8-9-19-39(37)45-40/h1-27H. The van der Waals surface area contributed by atoms with E-state index in [4.69, 9.17) is 4.98 Å². The molecule has 0 fully saturated rings. The van der Waals surface area contributed by atoms with Crippen LogP contribution >= 0.6 is 11.3 Å². The molecule has 0 radical (unpaired) electrons. The molecular weight excluding hydrogens is 563 g/mol. The maximum Gasteiger partial charge on any atom is 0.0709 e. The molecule has 0 spiro atoms. The van der Waals surface area contributed by atoms with E-state index in [1.54, 1.807) is 0 Å². The lowest BCUT2D eigenvalue weighted by atomic mass is 9.86. The fourth-order valence-corrected chi connectivity index (χ4v) is 8.03. The average molecular weight is 590 g/mol. The van der Waals surface area contributed by atoms with Gasteiger partial charge in [0.05, 0.1) is 5.69 Å². The molecule has 9 rings (SSSR count). The molecule has 0 N–H and O–H groups in total. The third-order valence-electron chi connectivity index (χ3n) is 8.94. The maximum atomic E-state index is 5.10. The fraction of sp³-hybridized carbons (Fsp3) is 0. The van der Waals surface area contributed by atoms with Crippen LogP contribution in [-0.4, -0.2) is 4.98 Å². The van der Waals surface area contributed by atoms with Crippen molar-refractivity contribution >= 4 is 53.1 Å².